The van der Waals surface area contributed by atoms with Gasteiger partial charge in [0, 0.05) is 16.7 Å². The first-order chi connectivity index (χ1) is 7.61. The zero-order chi connectivity index (χ0) is 11.7. The smallest absolute Gasteiger partial charge is 0.152 e. The Labute approximate surface area is 112 Å². The summed E-state index contributed by atoms with van der Waals surface area (Å²) in [6, 6.07) is 4.88. The summed E-state index contributed by atoms with van der Waals surface area (Å²) < 4.78 is 4.98. The van der Waals surface area contributed by atoms with E-state index >= 15 is 0 Å². The van der Waals surface area contributed by atoms with Gasteiger partial charge in [-0.15, -0.1) is 11.6 Å². The maximum absolute atomic E-state index is 6.04. The van der Waals surface area contributed by atoms with Crippen LogP contribution in [0.4, 0.5) is 0 Å². The van der Waals surface area contributed by atoms with Crippen LogP contribution in [0.1, 0.15) is 5.76 Å². The highest BCUT2D eigenvalue weighted by molar-refractivity contribution is 6.41. The lowest BCUT2D eigenvalue weighted by Crippen LogP contribution is -1.82. The van der Waals surface area contributed by atoms with Crippen molar-refractivity contribution in [1.82, 2.24) is 5.16 Å². The molecule has 2 aromatic rings. The molecule has 0 aliphatic rings. The zero-order valence-corrected chi connectivity index (χ0v) is 10.8. The third kappa shape index (κ3) is 2.30. The average Bonchev–Trinajstić information content (AvgIpc) is 2.64. The minimum atomic E-state index is 0.246. The highest BCUT2D eigenvalue weighted by Gasteiger charge is 2.14. The summed E-state index contributed by atoms with van der Waals surface area (Å²) in [5.74, 6) is 0.800. The van der Waals surface area contributed by atoms with Crippen molar-refractivity contribution in [3.8, 4) is 11.3 Å². The van der Waals surface area contributed by atoms with Crippen LogP contribution >= 0.6 is 46.4 Å². The minimum absolute atomic E-state index is 0.246. The zero-order valence-electron chi connectivity index (χ0n) is 7.81. The van der Waals surface area contributed by atoms with Crippen molar-refractivity contribution in [2.45, 2.75) is 5.88 Å². The van der Waals surface area contributed by atoms with Crippen LogP contribution in [0.5, 0.6) is 0 Å². The van der Waals surface area contributed by atoms with E-state index in [4.69, 9.17) is 50.9 Å². The number of alkyl halides is 1. The lowest BCUT2D eigenvalue weighted by atomic mass is 10.1. The van der Waals surface area contributed by atoms with Crippen molar-refractivity contribution in [1.29, 1.82) is 0 Å². The molecule has 16 heavy (non-hydrogen) atoms. The molecule has 0 bridgehead atoms. The fraction of sp³-hybridized carbons (Fsp3) is 0.100. The summed E-state index contributed by atoms with van der Waals surface area (Å²) in [7, 11) is 0. The Bertz CT molecular complexity index is 500. The van der Waals surface area contributed by atoms with Gasteiger partial charge in [-0.1, -0.05) is 40.0 Å². The Morgan fingerprint density at radius 1 is 1.06 bits per heavy atom. The third-order valence-electron chi connectivity index (χ3n) is 1.95. The molecular formula is C10H5Cl4NO. The summed E-state index contributed by atoms with van der Waals surface area (Å²) in [6.45, 7) is 0. The van der Waals surface area contributed by atoms with Crippen LogP contribution in [0.15, 0.2) is 22.7 Å². The molecule has 0 fully saturated rings. The van der Waals surface area contributed by atoms with Gasteiger partial charge in [-0.05, 0) is 12.1 Å². The molecule has 0 aliphatic heterocycles. The van der Waals surface area contributed by atoms with E-state index in [-0.39, 0.29) is 5.88 Å². The first-order valence-electron chi connectivity index (χ1n) is 4.28. The van der Waals surface area contributed by atoms with E-state index in [0.29, 0.717) is 32.1 Å². The molecule has 0 aliphatic carbocycles. The Kier molecular flexibility index (Phi) is 3.65. The first kappa shape index (κ1) is 12.1. The van der Waals surface area contributed by atoms with Crippen LogP contribution in [0, 0.1) is 0 Å². The molecule has 2 rings (SSSR count). The molecule has 0 N–H and O–H groups in total. The largest absolute Gasteiger partial charge is 0.359 e. The molecule has 0 unspecified atom stereocenters. The van der Waals surface area contributed by atoms with Crippen molar-refractivity contribution in [2.24, 2.45) is 0 Å². The van der Waals surface area contributed by atoms with Gasteiger partial charge in [0.1, 0.15) is 5.69 Å². The monoisotopic (exact) mass is 295 g/mol. The van der Waals surface area contributed by atoms with Gasteiger partial charge in [-0.25, -0.2) is 0 Å². The van der Waals surface area contributed by atoms with Crippen LogP contribution in [0.25, 0.3) is 11.3 Å². The molecule has 1 aromatic heterocycles. The van der Waals surface area contributed by atoms with E-state index < -0.39 is 0 Å². The Hall–Kier alpha value is -0.410. The van der Waals surface area contributed by atoms with E-state index in [9.17, 15) is 0 Å². The van der Waals surface area contributed by atoms with Crippen molar-refractivity contribution >= 4 is 46.4 Å². The molecule has 6 heteroatoms. The predicted octanol–water partition coefficient (Wildman–Crippen LogP) is 5.04. The quantitative estimate of drug-likeness (QED) is 0.726. The van der Waals surface area contributed by atoms with Gasteiger partial charge in [0.15, 0.2) is 5.76 Å². The van der Waals surface area contributed by atoms with Gasteiger partial charge >= 0.3 is 0 Å². The summed E-state index contributed by atoms with van der Waals surface area (Å²) in [4.78, 5) is 0. The second-order valence-electron chi connectivity index (χ2n) is 3.06. The molecule has 84 valence electrons. The normalized spacial score (nSPS) is 10.8. The van der Waals surface area contributed by atoms with Gasteiger partial charge in [0.05, 0.1) is 15.9 Å². The molecular weight excluding hydrogens is 292 g/mol. The first-order valence-corrected chi connectivity index (χ1v) is 5.95. The standard InChI is InChI=1S/C10H5Cl4NO/c11-4-6-3-9(15-16-6)10-7(13)1-5(12)2-8(10)14/h1-3H,4H2. The van der Waals surface area contributed by atoms with Crippen LogP contribution in [0.2, 0.25) is 15.1 Å². The fourth-order valence-electron chi connectivity index (χ4n) is 1.28. The molecule has 0 spiro atoms. The second kappa shape index (κ2) is 4.84. The minimum Gasteiger partial charge on any atom is -0.359 e. The SMILES string of the molecule is ClCc1cc(-c2c(Cl)cc(Cl)cc2Cl)no1. The van der Waals surface area contributed by atoms with E-state index in [1.807, 2.05) is 0 Å². The van der Waals surface area contributed by atoms with Crippen molar-refractivity contribution in [2.75, 3.05) is 0 Å². The number of nitrogens with zero attached hydrogens (tertiary/aromatic N) is 1. The third-order valence-corrected chi connectivity index (χ3v) is 3.03. The number of rotatable bonds is 2. The molecule has 1 aromatic carbocycles. The number of hydrogen-bond donors (Lipinski definition) is 0. The van der Waals surface area contributed by atoms with Crippen LogP contribution in [-0.4, -0.2) is 5.16 Å². The molecule has 2 nitrogen and oxygen atoms in total. The summed E-state index contributed by atoms with van der Waals surface area (Å²) in [6.07, 6.45) is 0. The molecule has 0 radical (unpaired) electrons. The number of aromatic nitrogens is 1. The molecule has 0 atom stereocenters. The lowest BCUT2D eigenvalue weighted by Gasteiger charge is -2.03. The van der Waals surface area contributed by atoms with E-state index in [2.05, 4.69) is 5.16 Å². The second-order valence-corrected chi connectivity index (χ2v) is 4.57. The maximum Gasteiger partial charge on any atom is 0.152 e. The molecule has 1 heterocycles. The summed E-state index contributed by atoms with van der Waals surface area (Å²) in [5, 5.41) is 5.16. The van der Waals surface area contributed by atoms with E-state index in [1.54, 1.807) is 18.2 Å². The van der Waals surface area contributed by atoms with Crippen molar-refractivity contribution in [3.63, 3.8) is 0 Å². The lowest BCUT2D eigenvalue weighted by molar-refractivity contribution is 0.396. The van der Waals surface area contributed by atoms with E-state index in [1.165, 1.54) is 0 Å². The predicted molar refractivity (Wildman–Crippen MR) is 66.5 cm³/mol. The van der Waals surface area contributed by atoms with Gasteiger partial charge in [-0.2, -0.15) is 0 Å². The average molecular weight is 297 g/mol. The molecule has 0 amide bonds. The van der Waals surface area contributed by atoms with Gasteiger partial charge in [0.2, 0.25) is 0 Å². The van der Waals surface area contributed by atoms with Crippen LogP contribution < -0.4 is 0 Å². The molecule has 0 saturated heterocycles. The Morgan fingerprint density at radius 2 is 1.69 bits per heavy atom. The topological polar surface area (TPSA) is 26.0 Å². The Morgan fingerprint density at radius 3 is 2.19 bits per heavy atom. The number of benzene rings is 1. The van der Waals surface area contributed by atoms with E-state index in [0.717, 1.165) is 0 Å². The maximum atomic E-state index is 6.04. The van der Waals surface area contributed by atoms with Crippen molar-refractivity contribution < 1.29 is 4.52 Å². The highest BCUT2D eigenvalue weighted by Crippen LogP contribution is 2.36. The van der Waals surface area contributed by atoms with Gasteiger partial charge in [-0.3, -0.25) is 0 Å². The fourth-order valence-corrected chi connectivity index (χ4v) is 2.42. The van der Waals surface area contributed by atoms with Gasteiger partial charge in [0.25, 0.3) is 0 Å². The molecule has 0 saturated carbocycles. The number of halogens is 4. The summed E-state index contributed by atoms with van der Waals surface area (Å²) in [5.41, 5.74) is 1.13. The number of hydrogen-bond acceptors (Lipinski definition) is 2. The summed E-state index contributed by atoms with van der Waals surface area (Å²) >= 11 is 23.5. The van der Waals surface area contributed by atoms with Gasteiger partial charge < -0.3 is 4.52 Å². The van der Waals surface area contributed by atoms with Crippen LogP contribution in [-0.2, 0) is 5.88 Å². The highest BCUT2D eigenvalue weighted by atomic mass is 35.5. The van der Waals surface area contributed by atoms with Crippen molar-refractivity contribution in [3.05, 3.63) is 39.0 Å². The Balaban J connectivity index is 2.55. The van der Waals surface area contributed by atoms with Crippen LogP contribution in [0.3, 0.4) is 0 Å².